The third kappa shape index (κ3) is 4.03. The van der Waals surface area contributed by atoms with Gasteiger partial charge in [-0.15, -0.1) is 5.10 Å². The SMILES string of the molecule is CCCNCc1nnnn1CCc1cccc(OC)c1. The molecule has 0 aliphatic rings. The third-order valence-corrected chi connectivity index (χ3v) is 3.06. The third-order valence-electron chi connectivity index (χ3n) is 3.06. The second kappa shape index (κ2) is 7.59. The molecule has 0 bridgehead atoms. The molecule has 2 aromatic rings. The fraction of sp³-hybridized carbons (Fsp3) is 0.500. The second-order valence-electron chi connectivity index (χ2n) is 4.60. The molecule has 6 nitrogen and oxygen atoms in total. The van der Waals surface area contributed by atoms with Gasteiger partial charge in [0.2, 0.25) is 0 Å². The lowest BCUT2D eigenvalue weighted by molar-refractivity contribution is 0.414. The van der Waals surface area contributed by atoms with E-state index in [2.05, 4.69) is 33.8 Å². The molecule has 0 saturated heterocycles. The Morgan fingerprint density at radius 3 is 3.05 bits per heavy atom. The summed E-state index contributed by atoms with van der Waals surface area (Å²) in [5, 5.41) is 15.1. The smallest absolute Gasteiger partial charge is 0.165 e. The van der Waals surface area contributed by atoms with E-state index in [0.717, 1.165) is 37.5 Å². The maximum atomic E-state index is 5.22. The van der Waals surface area contributed by atoms with Gasteiger partial charge in [-0.1, -0.05) is 19.1 Å². The summed E-state index contributed by atoms with van der Waals surface area (Å²) in [6.07, 6.45) is 1.98. The first kappa shape index (κ1) is 14.5. The first-order valence-electron chi connectivity index (χ1n) is 6.92. The summed E-state index contributed by atoms with van der Waals surface area (Å²) < 4.78 is 7.07. The largest absolute Gasteiger partial charge is 0.497 e. The molecular formula is C14H21N5O. The quantitative estimate of drug-likeness (QED) is 0.738. The monoisotopic (exact) mass is 275 g/mol. The van der Waals surface area contributed by atoms with Gasteiger partial charge in [0.1, 0.15) is 5.75 Å². The maximum Gasteiger partial charge on any atom is 0.165 e. The summed E-state index contributed by atoms with van der Waals surface area (Å²) in [6.45, 7) is 4.59. The molecule has 6 heteroatoms. The normalized spacial score (nSPS) is 10.7. The van der Waals surface area contributed by atoms with Crippen LogP contribution in [0.3, 0.4) is 0 Å². The zero-order chi connectivity index (χ0) is 14.2. The lowest BCUT2D eigenvalue weighted by Crippen LogP contribution is -2.18. The van der Waals surface area contributed by atoms with E-state index in [1.54, 1.807) is 7.11 Å². The average molecular weight is 275 g/mol. The van der Waals surface area contributed by atoms with Gasteiger partial charge >= 0.3 is 0 Å². The predicted molar refractivity (Wildman–Crippen MR) is 76.5 cm³/mol. The number of aryl methyl sites for hydroxylation is 2. The molecule has 0 atom stereocenters. The van der Waals surface area contributed by atoms with Crippen LogP contribution in [0.5, 0.6) is 5.75 Å². The lowest BCUT2D eigenvalue weighted by atomic mass is 10.1. The molecule has 2 rings (SSSR count). The number of rotatable bonds is 8. The molecule has 0 unspecified atom stereocenters. The van der Waals surface area contributed by atoms with E-state index < -0.39 is 0 Å². The molecule has 1 aromatic heterocycles. The fourth-order valence-electron chi connectivity index (χ4n) is 1.96. The van der Waals surface area contributed by atoms with Gasteiger partial charge in [0, 0.05) is 6.54 Å². The summed E-state index contributed by atoms with van der Waals surface area (Å²) in [4.78, 5) is 0. The van der Waals surface area contributed by atoms with Crippen molar-refractivity contribution in [2.75, 3.05) is 13.7 Å². The Bertz CT molecular complexity index is 526. The number of nitrogens with zero attached hydrogens (tertiary/aromatic N) is 4. The highest BCUT2D eigenvalue weighted by atomic mass is 16.5. The van der Waals surface area contributed by atoms with Crippen LogP contribution in [-0.2, 0) is 19.5 Å². The van der Waals surface area contributed by atoms with E-state index in [1.807, 2.05) is 22.9 Å². The number of benzene rings is 1. The minimum Gasteiger partial charge on any atom is -0.497 e. The second-order valence-corrected chi connectivity index (χ2v) is 4.60. The zero-order valence-electron chi connectivity index (χ0n) is 12.0. The highest BCUT2D eigenvalue weighted by Gasteiger charge is 2.05. The Kier molecular flexibility index (Phi) is 5.49. The number of tetrazole rings is 1. The number of hydrogen-bond acceptors (Lipinski definition) is 5. The summed E-state index contributed by atoms with van der Waals surface area (Å²) in [7, 11) is 1.68. The highest BCUT2D eigenvalue weighted by Crippen LogP contribution is 2.13. The predicted octanol–water partition coefficient (Wildman–Crippen LogP) is 1.42. The van der Waals surface area contributed by atoms with Gasteiger partial charge in [-0.3, -0.25) is 0 Å². The number of ether oxygens (including phenoxy) is 1. The van der Waals surface area contributed by atoms with Gasteiger partial charge in [0.15, 0.2) is 5.82 Å². The molecule has 0 spiro atoms. The molecule has 1 N–H and O–H groups in total. The Hall–Kier alpha value is -1.95. The Balaban J connectivity index is 1.91. The van der Waals surface area contributed by atoms with E-state index in [0.29, 0.717) is 6.54 Å². The lowest BCUT2D eigenvalue weighted by Gasteiger charge is -2.07. The molecule has 0 amide bonds. The van der Waals surface area contributed by atoms with Crippen LogP contribution in [0.2, 0.25) is 0 Å². The van der Waals surface area contributed by atoms with Crippen molar-refractivity contribution in [3.8, 4) is 5.75 Å². The van der Waals surface area contributed by atoms with Crippen LogP contribution in [-0.4, -0.2) is 33.9 Å². The minimum absolute atomic E-state index is 0.707. The van der Waals surface area contributed by atoms with E-state index in [9.17, 15) is 0 Å². The van der Waals surface area contributed by atoms with Gasteiger partial charge in [-0.25, -0.2) is 4.68 Å². The van der Waals surface area contributed by atoms with Crippen LogP contribution >= 0.6 is 0 Å². The molecule has 1 heterocycles. The number of nitrogens with one attached hydrogen (secondary N) is 1. The molecule has 20 heavy (non-hydrogen) atoms. The average Bonchev–Trinajstić information content (AvgIpc) is 2.93. The van der Waals surface area contributed by atoms with E-state index in [4.69, 9.17) is 4.74 Å². The molecule has 1 aromatic carbocycles. The highest BCUT2D eigenvalue weighted by molar-refractivity contribution is 5.28. The van der Waals surface area contributed by atoms with Crippen LogP contribution in [0, 0.1) is 0 Å². The standard InChI is InChI=1S/C14H21N5O/c1-3-8-15-11-14-16-17-18-19(14)9-7-12-5-4-6-13(10-12)20-2/h4-6,10,15H,3,7-9,11H2,1-2H3. The Morgan fingerprint density at radius 1 is 1.35 bits per heavy atom. The van der Waals surface area contributed by atoms with Crippen molar-refractivity contribution < 1.29 is 4.74 Å². The van der Waals surface area contributed by atoms with Crippen molar-refractivity contribution in [2.24, 2.45) is 0 Å². The molecule has 108 valence electrons. The topological polar surface area (TPSA) is 64.9 Å². The van der Waals surface area contributed by atoms with E-state index in [-0.39, 0.29) is 0 Å². The van der Waals surface area contributed by atoms with Crippen molar-refractivity contribution in [1.82, 2.24) is 25.5 Å². The Labute approximate surface area is 119 Å². The molecule has 0 radical (unpaired) electrons. The molecule has 0 fully saturated rings. The van der Waals surface area contributed by atoms with Crippen LogP contribution in [0.15, 0.2) is 24.3 Å². The van der Waals surface area contributed by atoms with Crippen molar-refractivity contribution in [2.45, 2.75) is 32.9 Å². The van der Waals surface area contributed by atoms with Crippen LogP contribution in [0.1, 0.15) is 24.7 Å². The molecule has 0 aliphatic heterocycles. The van der Waals surface area contributed by atoms with Gasteiger partial charge in [0.05, 0.1) is 13.7 Å². The van der Waals surface area contributed by atoms with Crippen molar-refractivity contribution in [1.29, 1.82) is 0 Å². The van der Waals surface area contributed by atoms with Gasteiger partial charge in [-0.2, -0.15) is 0 Å². The minimum atomic E-state index is 0.707. The molecule has 0 saturated carbocycles. The fourth-order valence-corrected chi connectivity index (χ4v) is 1.96. The van der Waals surface area contributed by atoms with Gasteiger partial charge in [-0.05, 0) is 47.5 Å². The summed E-state index contributed by atoms with van der Waals surface area (Å²) in [5.41, 5.74) is 1.22. The van der Waals surface area contributed by atoms with Crippen LogP contribution < -0.4 is 10.1 Å². The van der Waals surface area contributed by atoms with Crippen LogP contribution in [0.25, 0.3) is 0 Å². The molecular weight excluding hydrogens is 254 g/mol. The summed E-state index contributed by atoms with van der Waals surface area (Å²) in [6, 6.07) is 8.07. The van der Waals surface area contributed by atoms with E-state index >= 15 is 0 Å². The van der Waals surface area contributed by atoms with E-state index in [1.165, 1.54) is 5.56 Å². The first-order valence-corrected chi connectivity index (χ1v) is 6.92. The van der Waals surface area contributed by atoms with Crippen LogP contribution in [0.4, 0.5) is 0 Å². The van der Waals surface area contributed by atoms with Gasteiger partial charge < -0.3 is 10.1 Å². The Morgan fingerprint density at radius 2 is 2.25 bits per heavy atom. The van der Waals surface area contributed by atoms with Crippen molar-refractivity contribution in [3.05, 3.63) is 35.7 Å². The zero-order valence-corrected chi connectivity index (χ0v) is 12.0. The summed E-state index contributed by atoms with van der Waals surface area (Å²) in [5.74, 6) is 1.75. The number of hydrogen-bond donors (Lipinski definition) is 1. The first-order chi connectivity index (χ1) is 9.83. The summed E-state index contributed by atoms with van der Waals surface area (Å²) >= 11 is 0. The maximum absolute atomic E-state index is 5.22. The van der Waals surface area contributed by atoms with Crippen molar-refractivity contribution >= 4 is 0 Å². The van der Waals surface area contributed by atoms with Crippen molar-refractivity contribution in [3.63, 3.8) is 0 Å². The molecule has 0 aliphatic carbocycles. The number of aromatic nitrogens is 4. The number of methoxy groups -OCH3 is 1. The van der Waals surface area contributed by atoms with Gasteiger partial charge in [0.25, 0.3) is 0 Å².